The number of carbonyl (C=O) groups is 1. The van der Waals surface area contributed by atoms with Crippen LogP contribution in [0.3, 0.4) is 0 Å². The molecule has 1 saturated heterocycles. The van der Waals surface area contributed by atoms with Crippen molar-refractivity contribution in [2.24, 2.45) is 0 Å². The number of ether oxygens (including phenoxy) is 1. The molecular weight excluding hydrogens is 382 g/mol. The normalized spacial score (nSPS) is 13.9. The van der Waals surface area contributed by atoms with Gasteiger partial charge in [-0.25, -0.2) is 0 Å². The Hall–Kier alpha value is -3.06. The number of hydrogen-bond donors (Lipinski definition) is 0. The standard InChI is InChI=1S/C20H20ClN3O4/c1-2-13-28-17-6-3-15(4-7-17)20(25)23-11-9-22(10-12-23)18-8-5-16(21)14-19(18)24(26)27/h2-8,14H,1,9-13H2. The summed E-state index contributed by atoms with van der Waals surface area (Å²) in [5.41, 5.74) is 1.07. The molecule has 2 aromatic rings. The van der Waals surface area contributed by atoms with E-state index in [1.54, 1.807) is 47.4 Å². The van der Waals surface area contributed by atoms with Gasteiger partial charge in [-0.1, -0.05) is 24.3 Å². The van der Waals surface area contributed by atoms with Gasteiger partial charge in [0.2, 0.25) is 0 Å². The SMILES string of the molecule is C=CCOc1ccc(C(=O)N2CCN(c3ccc(Cl)cc3[N+](=O)[O-])CC2)cc1. The summed E-state index contributed by atoms with van der Waals surface area (Å²) < 4.78 is 5.42. The number of amides is 1. The zero-order chi connectivity index (χ0) is 20.1. The van der Waals surface area contributed by atoms with Gasteiger partial charge in [0.15, 0.2) is 0 Å². The first kappa shape index (κ1) is 19.7. The molecule has 1 heterocycles. The number of nitrogens with zero attached hydrogens (tertiary/aromatic N) is 3. The monoisotopic (exact) mass is 401 g/mol. The minimum atomic E-state index is -0.436. The number of rotatable bonds is 6. The van der Waals surface area contributed by atoms with Crippen LogP contribution in [0.15, 0.2) is 55.1 Å². The number of carbonyl (C=O) groups excluding carboxylic acids is 1. The number of halogens is 1. The zero-order valence-corrected chi connectivity index (χ0v) is 16.0. The van der Waals surface area contributed by atoms with E-state index in [1.807, 2.05) is 4.90 Å². The first-order valence-corrected chi connectivity index (χ1v) is 9.19. The van der Waals surface area contributed by atoms with Gasteiger partial charge in [-0.15, -0.1) is 0 Å². The second-order valence-electron chi connectivity index (χ2n) is 6.29. The van der Waals surface area contributed by atoms with Crippen molar-refractivity contribution in [1.82, 2.24) is 4.90 Å². The van der Waals surface area contributed by atoms with Crippen LogP contribution in [-0.2, 0) is 0 Å². The number of nitro groups is 1. The number of benzene rings is 2. The predicted molar refractivity (Wildman–Crippen MR) is 108 cm³/mol. The van der Waals surface area contributed by atoms with E-state index < -0.39 is 4.92 Å². The quantitative estimate of drug-likeness (QED) is 0.418. The minimum Gasteiger partial charge on any atom is -0.490 e. The zero-order valence-electron chi connectivity index (χ0n) is 15.2. The summed E-state index contributed by atoms with van der Waals surface area (Å²) in [7, 11) is 0. The van der Waals surface area contributed by atoms with E-state index in [1.165, 1.54) is 6.07 Å². The molecule has 2 aromatic carbocycles. The summed E-state index contributed by atoms with van der Waals surface area (Å²) in [5.74, 6) is 0.608. The summed E-state index contributed by atoms with van der Waals surface area (Å²) in [4.78, 5) is 27.2. The molecular formula is C20H20ClN3O4. The molecule has 1 aliphatic rings. The average molecular weight is 402 g/mol. The van der Waals surface area contributed by atoms with Crippen LogP contribution >= 0.6 is 11.6 Å². The van der Waals surface area contributed by atoms with Crippen LogP contribution in [0.25, 0.3) is 0 Å². The third-order valence-electron chi connectivity index (χ3n) is 4.51. The lowest BCUT2D eigenvalue weighted by Gasteiger charge is -2.35. The Bertz CT molecular complexity index is 878. The molecule has 0 spiro atoms. The molecule has 8 heteroatoms. The number of nitro benzene ring substituents is 1. The first-order valence-electron chi connectivity index (χ1n) is 8.81. The molecule has 7 nitrogen and oxygen atoms in total. The smallest absolute Gasteiger partial charge is 0.294 e. The van der Waals surface area contributed by atoms with Gasteiger partial charge >= 0.3 is 0 Å². The predicted octanol–water partition coefficient (Wildman–Crippen LogP) is 3.78. The highest BCUT2D eigenvalue weighted by molar-refractivity contribution is 6.30. The van der Waals surface area contributed by atoms with Gasteiger partial charge < -0.3 is 14.5 Å². The van der Waals surface area contributed by atoms with E-state index in [2.05, 4.69) is 6.58 Å². The van der Waals surface area contributed by atoms with Gasteiger partial charge in [0.05, 0.1) is 4.92 Å². The Balaban J connectivity index is 1.64. The molecule has 1 aliphatic heterocycles. The molecule has 0 aliphatic carbocycles. The minimum absolute atomic E-state index is 0.0256. The molecule has 0 saturated carbocycles. The molecule has 0 bridgehead atoms. The van der Waals surface area contributed by atoms with Gasteiger partial charge in [0, 0.05) is 42.8 Å². The molecule has 0 unspecified atom stereocenters. The maximum absolute atomic E-state index is 12.7. The van der Waals surface area contributed by atoms with Gasteiger partial charge in [0.25, 0.3) is 11.6 Å². The van der Waals surface area contributed by atoms with Crippen molar-refractivity contribution in [3.8, 4) is 5.75 Å². The van der Waals surface area contributed by atoms with E-state index in [0.29, 0.717) is 54.8 Å². The number of hydrogen-bond acceptors (Lipinski definition) is 5. The van der Waals surface area contributed by atoms with Crippen molar-refractivity contribution < 1.29 is 14.5 Å². The van der Waals surface area contributed by atoms with Crippen LogP contribution in [0.2, 0.25) is 5.02 Å². The second kappa shape index (κ2) is 8.75. The molecule has 0 N–H and O–H groups in total. The fourth-order valence-electron chi connectivity index (χ4n) is 3.09. The summed E-state index contributed by atoms with van der Waals surface area (Å²) in [6, 6.07) is 11.6. The highest BCUT2D eigenvalue weighted by Gasteiger charge is 2.26. The van der Waals surface area contributed by atoms with E-state index in [0.717, 1.165) is 0 Å². The van der Waals surface area contributed by atoms with Gasteiger partial charge in [-0.05, 0) is 36.4 Å². The lowest BCUT2D eigenvalue weighted by Crippen LogP contribution is -2.48. The third kappa shape index (κ3) is 4.43. The first-order chi connectivity index (χ1) is 13.5. The van der Waals surface area contributed by atoms with E-state index in [4.69, 9.17) is 16.3 Å². The van der Waals surface area contributed by atoms with Crippen molar-refractivity contribution in [2.75, 3.05) is 37.7 Å². The van der Waals surface area contributed by atoms with Gasteiger partial charge in [-0.3, -0.25) is 14.9 Å². The Kier molecular flexibility index (Phi) is 6.16. The Morgan fingerprint density at radius 1 is 1.18 bits per heavy atom. The molecule has 1 fully saturated rings. The maximum Gasteiger partial charge on any atom is 0.294 e. The number of piperazine rings is 1. The Labute approximate surface area is 167 Å². The van der Waals surface area contributed by atoms with Crippen molar-refractivity contribution in [1.29, 1.82) is 0 Å². The van der Waals surface area contributed by atoms with Crippen molar-refractivity contribution in [3.05, 3.63) is 75.8 Å². The fourth-order valence-corrected chi connectivity index (χ4v) is 3.26. The average Bonchev–Trinajstić information content (AvgIpc) is 2.72. The molecule has 28 heavy (non-hydrogen) atoms. The van der Waals surface area contributed by atoms with Crippen molar-refractivity contribution in [2.45, 2.75) is 0 Å². The fraction of sp³-hybridized carbons (Fsp3) is 0.250. The topological polar surface area (TPSA) is 75.9 Å². The summed E-state index contributed by atoms with van der Waals surface area (Å²) in [5, 5.41) is 11.6. The Morgan fingerprint density at radius 2 is 1.86 bits per heavy atom. The number of anilines is 1. The van der Waals surface area contributed by atoms with Gasteiger partial charge in [-0.2, -0.15) is 0 Å². The van der Waals surface area contributed by atoms with Crippen molar-refractivity contribution >= 4 is 28.9 Å². The van der Waals surface area contributed by atoms with Crippen molar-refractivity contribution in [3.63, 3.8) is 0 Å². The van der Waals surface area contributed by atoms with Crippen LogP contribution in [0.4, 0.5) is 11.4 Å². The largest absolute Gasteiger partial charge is 0.490 e. The highest BCUT2D eigenvalue weighted by Crippen LogP contribution is 2.31. The molecule has 3 rings (SSSR count). The maximum atomic E-state index is 12.7. The van der Waals surface area contributed by atoms with Crippen LogP contribution < -0.4 is 9.64 Å². The molecule has 146 valence electrons. The molecule has 1 amide bonds. The lowest BCUT2D eigenvalue weighted by atomic mass is 10.1. The van der Waals surface area contributed by atoms with Gasteiger partial charge in [0.1, 0.15) is 18.0 Å². The van der Waals surface area contributed by atoms with Crippen LogP contribution in [0, 0.1) is 10.1 Å². The van der Waals surface area contributed by atoms with E-state index >= 15 is 0 Å². The molecule has 0 aromatic heterocycles. The van der Waals surface area contributed by atoms with Crippen LogP contribution in [0.5, 0.6) is 5.75 Å². The summed E-state index contributed by atoms with van der Waals surface area (Å²) in [6.07, 6.45) is 1.66. The summed E-state index contributed by atoms with van der Waals surface area (Å²) in [6.45, 7) is 5.98. The Morgan fingerprint density at radius 3 is 2.46 bits per heavy atom. The molecule has 0 atom stereocenters. The van der Waals surface area contributed by atoms with E-state index in [-0.39, 0.29) is 11.6 Å². The second-order valence-corrected chi connectivity index (χ2v) is 6.73. The highest BCUT2D eigenvalue weighted by atomic mass is 35.5. The lowest BCUT2D eigenvalue weighted by molar-refractivity contribution is -0.384. The summed E-state index contributed by atoms with van der Waals surface area (Å²) >= 11 is 5.88. The third-order valence-corrected chi connectivity index (χ3v) is 4.75. The van der Waals surface area contributed by atoms with Crippen LogP contribution in [0.1, 0.15) is 10.4 Å². The van der Waals surface area contributed by atoms with Crippen LogP contribution in [-0.4, -0.2) is 48.5 Å². The van der Waals surface area contributed by atoms with E-state index in [9.17, 15) is 14.9 Å². The molecule has 0 radical (unpaired) electrons.